The average Bonchev–Trinajstić information content (AvgIpc) is 3.36. The van der Waals surface area contributed by atoms with Crippen LogP contribution in [0.25, 0.3) is 11.4 Å². The van der Waals surface area contributed by atoms with Gasteiger partial charge in [0.05, 0.1) is 5.69 Å². The molecule has 3 aromatic rings. The van der Waals surface area contributed by atoms with Crippen LogP contribution < -0.4 is 0 Å². The molecule has 1 fully saturated rings. The van der Waals surface area contributed by atoms with Gasteiger partial charge < -0.3 is 9.42 Å². The van der Waals surface area contributed by atoms with Crippen LogP contribution in [0.2, 0.25) is 0 Å². The number of hydrogen-bond donors (Lipinski definition) is 0. The maximum absolute atomic E-state index is 11.9. The van der Waals surface area contributed by atoms with Crippen molar-refractivity contribution in [3.05, 3.63) is 53.7 Å². The van der Waals surface area contributed by atoms with Crippen molar-refractivity contribution in [3.8, 4) is 11.4 Å². The summed E-state index contributed by atoms with van der Waals surface area (Å²) in [5.74, 6) is 1.38. The molecule has 1 aromatic carbocycles. The quantitative estimate of drug-likeness (QED) is 0.681. The number of carbonyl (C=O) groups is 1. The van der Waals surface area contributed by atoms with E-state index < -0.39 is 0 Å². The number of amides is 1. The molecule has 134 valence electrons. The van der Waals surface area contributed by atoms with Crippen LogP contribution in [0.1, 0.15) is 30.0 Å². The smallest absolute Gasteiger partial charge is 0.227 e. The van der Waals surface area contributed by atoms with Crippen LogP contribution in [-0.4, -0.2) is 37.3 Å². The molecule has 4 rings (SSSR count). The number of aryl methyl sites for hydroxylation is 3. The molecule has 1 aliphatic heterocycles. The largest absolute Gasteiger partial charge is 0.339 e. The monoisotopic (exact) mass is 351 g/mol. The van der Waals surface area contributed by atoms with Crippen molar-refractivity contribution < 1.29 is 9.32 Å². The van der Waals surface area contributed by atoms with Gasteiger partial charge in [-0.05, 0) is 18.1 Å². The van der Waals surface area contributed by atoms with E-state index in [1.807, 2.05) is 48.5 Å². The SMILES string of the molecule is Cn1ccc(CCc2nc(-c3ccccc3CN3CCCC3=O)no2)n1. The third kappa shape index (κ3) is 3.51. The van der Waals surface area contributed by atoms with Crippen molar-refractivity contribution in [2.24, 2.45) is 7.05 Å². The lowest BCUT2D eigenvalue weighted by atomic mass is 10.1. The maximum Gasteiger partial charge on any atom is 0.227 e. The summed E-state index contributed by atoms with van der Waals surface area (Å²) < 4.78 is 7.20. The normalized spacial score (nSPS) is 14.3. The number of nitrogens with zero attached hydrogens (tertiary/aromatic N) is 5. The number of likely N-dealkylation sites (tertiary alicyclic amines) is 1. The van der Waals surface area contributed by atoms with Gasteiger partial charge in [-0.15, -0.1) is 0 Å². The number of aromatic nitrogens is 4. The second-order valence-electron chi connectivity index (χ2n) is 6.57. The Morgan fingerprint density at radius 2 is 2.08 bits per heavy atom. The molecule has 1 aliphatic rings. The second kappa shape index (κ2) is 7.11. The van der Waals surface area contributed by atoms with Crippen LogP contribution >= 0.6 is 0 Å². The van der Waals surface area contributed by atoms with Gasteiger partial charge in [-0.1, -0.05) is 29.4 Å². The van der Waals surface area contributed by atoms with Crippen molar-refractivity contribution in [1.29, 1.82) is 0 Å². The highest BCUT2D eigenvalue weighted by atomic mass is 16.5. The highest BCUT2D eigenvalue weighted by Crippen LogP contribution is 2.24. The van der Waals surface area contributed by atoms with Crippen molar-refractivity contribution in [2.45, 2.75) is 32.2 Å². The molecule has 2 aromatic heterocycles. The van der Waals surface area contributed by atoms with E-state index in [1.165, 1.54) is 0 Å². The molecule has 26 heavy (non-hydrogen) atoms. The van der Waals surface area contributed by atoms with Crippen LogP contribution in [0.15, 0.2) is 41.1 Å². The Balaban J connectivity index is 1.49. The molecule has 1 saturated heterocycles. The van der Waals surface area contributed by atoms with E-state index >= 15 is 0 Å². The van der Waals surface area contributed by atoms with E-state index in [1.54, 1.807) is 4.68 Å². The van der Waals surface area contributed by atoms with Crippen LogP contribution in [0.3, 0.4) is 0 Å². The Kier molecular flexibility index (Phi) is 4.51. The molecule has 0 aliphatic carbocycles. The number of rotatable bonds is 6. The van der Waals surface area contributed by atoms with Gasteiger partial charge in [-0.3, -0.25) is 9.48 Å². The van der Waals surface area contributed by atoms with Crippen LogP contribution in [0.4, 0.5) is 0 Å². The first-order valence-electron chi connectivity index (χ1n) is 8.86. The molecule has 0 radical (unpaired) electrons. The predicted molar refractivity (Wildman–Crippen MR) is 95.0 cm³/mol. The molecule has 7 nitrogen and oxygen atoms in total. The summed E-state index contributed by atoms with van der Waals surface area (Å²) in [5, 5.41) is 8.50. The number of carbonyl (C=O) groups excluding carboxylic acids is 1. The summed E-state index contributed by atoms with van der Waals surface area (Å²) in [4.78, 5) is 18.4. The van der Waals surface area contributed by atoms with E-state index in [0.29, 0.717) is 31.1 Å². The fraction of sp³-hybridized carbons (Fsp3) is 0.368. The van der Waals surface area contributed by atoms with Gasteiger partial charge in [0.1, 0.15) is 0 Å². The molecular weight excluding hydrogens is 330 g/mol. The molecule has 0 saturated carbocycles. The Hall–Kier alpha value is -2.96. The molecule has 0 atom stereocenters. The zero-order valence-corrected chi connectivity index (χ0v) is 14.8. The lowest BCUT2D eigenvalue weighted by Crippen LogP contribution is -2.24. The topological polar surface area (TPSA) is 77.0 Å². The number of benzene rings is 1. The lowest BCUT2D eigenvalue weighted by molar-refractivity contribution is -0.128. The summed E-state index contributed by atoms with van der Waals surface area (Å²) in [5.41, 5.74) is 2.96. The zero-order chi connectivity index (χ0) is 17.9. The lowest BCUT2D eigenvalue weighted by Gasteiger charge is -2.17. The van der Waals surface area contributed by atoms with Crippen molar-refractivity contribution in [3.63, 3.8) is 0 Å². The van der Waals surface area contributed by atoms with Crippen LogP contribution in [-0.2, 0) is 31.2 Å². The first-order chi connectivity index (χ1) is 12.7. The molecule has 0 unspecified atom stereocenters. The van der Waals surface area contributed by atoms with E-state index in [2.05, 4.69) is 15.2 Å². The Labute approximate surface area is 151 Å². The summed E-state index contributed by atoms with van der Waals surface area (Å²) >= 11 is 0. The molecule has 7 heteroatoms. The fourth-order valence-electron chi connectivity index (χ4n) is 3.25. The standard InChI is InChI=1S/C19H21N5O2/c1-23-12-10-15(21-23)8-9-17-20-19(22-26-17)16-6-3-2-5-14(16)13-24-11-4-7-18(24)25/h2-3,5-6,10,12H,4,7-9,11,13H2,1H3. The van der Waals surface area contributed by atoms with E-state index in [0.717, 1.165) is 36.2 Å². The van der Waals surface area contributed by atoms with Crippen molar-refractivity contribution >= 4 is 5.91 Å². The Bertz CT molecular complexity index is 914. The van der Waals surface area contributed by atoms with E-state index in [9.17, 15) is 4.79 Å². The molecule has 0 bridgehead atoms. The maximum atomic E-state index is 11.9. The van der Waals surface area contributed by atoms with Gasteiger partial charge >= 0.3 is 0 Å². The van der Waals surface area contributed by atoms with Gasteiger partial charge in [0.2, 0.25) is 17.6 Å². The predicted octanol–water partition coefficient (Wildman–Crippen LogP) is 2.38. The van der Waals surface area contributed by atoms with E-state index in [4.69, 9.17) is 4.52 Å². The minimum Gasteiger partial charge on any atom is -0.339 e. The van der Waals surface area contributed by atoms with Crippen LogP contribution in [0.5, 0.6) is 0 Å². The van der Waals surface area contributed by atoms with Gasteiger partial charge in [-0.2, -0.15) is 10.1 Å². The summed E-state index contributed by atoms with van der Waals surface area (Å²) in [6.45, 7) is 1.40. The van der Waals surface area contributed by atoms with Gasteiger partial charge in [0.25, 0.3) is 0 Å². The third-order valence-electron chi connectivity index (χ3n) is 4.62. The Morgan fingerprint density at radius 1 is 1.19 bits per heavy atom. The second-order valence-corrected chi connectivity index (χ2v) is 6.57. The first-order valence-corrected chi connectivity index (χ1v) is 8.86. The minimum atomic E-state index is 0.212. The first kappa shape index (κ1) is 16.5. The highest BCUT2D eigenvalue weighted by Gasteiger charge is 2.22. The van der Waals surface area contributed by atoms with Gasteiger partial charge in [0, 0.05) is 51.2 Å². The van der Waals surface area contributed by atoms with Gasteiger partial charge in [0.15, 0.2) is 0 Å². The van der Waals surface area contributed by atoms with Gasteiger partial charge in [-0.25, -0.2) is 0 Å². The third-order valence-corrected chi connectivity index (χ3v) is 4.62. The molecule has 3 heterocycles. The molecular formula is C19H21N5O2. The molecule has 0 N–H and O–H groups in total. The Morgan fingerprint density at radius 3 is 2.85 bits per heavy atom. The summed E-state index contributed by atoms with van der Waals surface area (Å²) in [6.07, 6.45) is 4.90. The van der Waals surface area contributed by atoms with E-state index in [-0.39, 0.29) is 5.91 Å². The molecule has 0 spiro atoms. The summed E-state index contributed by atoms with van der Waals surface area (Å²) in [7, 11) is 1.90. The minimum absolute atomic E-state index is 0.212. The summed E-state index contributed by atoms with van der Waals surface area (Å²) in [6, 6.07) is 9.91. The van der Waals surface area contributed by atoms with Crippen LogP contribution in [0, 0.1) is 0 Å². The van der Waals surface area contributed by atoms with Crippen molar-refractivity contribution in [1.82, 2.24) is 24.8 Å². The molecule has 1 amide bonds. The highest BCUT2D eigenvalue weighted by molar-refractivity contribution is 5.78. The average molecular weight is 351 g/mol. The fourth-order valence-corrected chi connectivity index (χ4v) is 3.25. The van der Waals surface area contributed by atoms with Crippen molar-refractivity contribution in [2.75, 3.05) is 6.54 Å². The zero-order valence-electron chi connectivity index (χ0n) is 14.8. The number of hydrogen-bond acceptors (Lipinski definition) is 5.